The summed E-state index contributed by atoms with van der Waals surface area (Å²) in [5, 5.41) is 17.4. The number of nitrogens with zero attached hydrogens (tertiary/aromatic N) is 5. The van der Waals surface area contributed by atoms with Gasteiger partial charge in [-0.3, -0.25) is 18.6 Å². The van der Waals surface area contributed by atoms with Crippen LogP contribution in [0.1, 0.15) is 87.5 Å². The van der Waals surface area contributed by atoms with Crippen molar-refractivity contribution in [3.63, 3.8) is 0 Å². The summed E-state index contributed by atoms with van der Waals surface area (Å²) in [6.45, 7) is 3.97. The van der Waals surface area contributed by atoms with Crippen LogP contribution in [-0.4, -0.2) is 74.9 Å². The Labute approximate surface area is 367 Å². The number of carbonyl (C=O) groups is 2. The van der Waals surface area contributed by atoms with Crippen molar-refractivity contribution in [2.45, 2.75) is 97.0 Å². The van der Waals surface area contributed by atoms with E-state index in [0.717, 1.165) is 72.4 Å². The van der Waals surface area contributed by atoms with E-state index in [4.69, 9.17) is 18.5 Å². The second-order valence-corrected chi connectivity index (χ2v) is 17.8. The average Bonchev–Trinajstić information content (AvgIpc) is 3.25. The number of quaternary nitrogens is 1. The number of carbonyl (C=O) groups excluding carboxylic acids is 2. The number of rotatable bonds is 28. The topological polar surface area (TPSA) is 158 Å². The Morgan fingerprint density at radius 2 is 0.935 bits per heavy atom. The summed E-state index contributed by atoms with van der Waals surface area (Å²) in [7, 11) is 1.30. The zero-order valence-corrected chi connectivity index (χ0v) is 38.0. The van der Waals surface area contributed by atoms with Crippen LogP contribution in [0.4, 0.5) is 22.7 Å². The predicted molar refractivity (Wildman–Crippen MR) is 243 cm³/mol. The monoisotopic (exact) mass is 870 g/mol. The first-order chi connectivity index (χ1) is 29.8. The van der Waals surface area contributed by atoms with Crippen molar-refractivity contribution >= 4 is 42.5 Å². The van der Waals surface area contributed by atoms with Crippen LogP contribution in [0, 0.1) is 0 Å². The molecule has 62 heavy (non-hydrogen) atoms. The Morgan fingerprint density at radius 1 is 0.565 bits per heavy atom. The van der Waals surface area contributed by atoms with Crippen molar-refractivity contribution in [3.05, 3.63) is 119 Å². The highest BCUT2D eigenvalue weighted by atomic mass is 31.2. The van der Waals surface area contributed by atoms with Crippen LogP contribution in [-0.2, 0) is 58.4 Å². The first-order valence-corrected chi connectivity index (χ1v) is 23.3. The zero-order valence-electron chi connectivity index (χ0n) is 37.1. The number of likely N-dealkylation sites (N-methyl/N-ethyl adjacent to an activating group) is 1. The molecule has 0 saturated carbocycles. The fourth-order valence-electron chi connectivity index (χ4n) is 6.05. The third-order valence-electron chi connectivity index (χ3n) is 9.81. The highest BCUT2D eigenvalue weighted by Crippen LogP contribution is 2.43. The Kier molecular flexibility index (Phi) is 21.3. The number of aryl methyl sites for hydroxylation is 4. The number of phosphoric ester groups is 1. The molecule has 2 atom stereocenters. The molecule has 4 rings (SSSR count). The predicted octanol–water partition coefficient (Wildman–Crippen LogP) is 11.8. The third kappa shape index (κ3) is 20.8. The van der Waals surface area contributed by atoms with Crippen molar-refractivity contribution < 1.29 is 42.1 Å². The molecule has 0 spiro atoms. The number of phosphoric acid groups is 1. The lowest BCUT2D eigenvalue weighted by Gasteiger charge is -2.24. The zero-order chi connectivity index (χ0) is 44.6. The van der Waals surface area contributed by atoms with Gasteiger partial charge < -0.3 is 18.9 Å². The van der Waals surface area contributed by atoms with Crippen molar-refractivity contribution in [2.24, 2.45) is 20.5 Å². The van der Waals surface area contributed by atoms with Crippen LogP contribution in [0.3, 0.4) is 0 Å². The molecule has 4 aromatic rings. The summed E-state index contributed by atoms with van der Waals surface area (Å²) in [5.41, 5.74) is 7.66. The molecule has 13 nitrogen and oxygen atoms in total. The summed E-state index contributed by atoms with van der Waals surface area (Å²) >= 11 is 0. The Bertz CT molecular complexity index is 2030. The maximum atomic E-state index is 12.9. The minimum Gasteiger partial charge on any atom is -0.462 e. The maximum Gasteiger partial charge on any atom is 0.472 e. The van der Waals surface area contributed by atoms with Crippen LogP contribution < -0.4 is 0 Å². The van der Waals surface area contributed by atoms with Crippen LogP contribution >= 0.6 is 7.82 Å². The van der Waals surface area contributed by atoms with E-state index in [-0.39, 0.29) is 26.1 Å². The van der Waals surface area contributed by atoms with E-state index < -0.39 is 32.5 Å². The van der Waals surface area contributed by atoms with E-state index in [9.17, 15) is 19.0 Å². The van der Waals surface area contributed by atoms with Crippen molar-refractivity contribution in [1.82, 2.24) is 0 Å². The van der Waals surface area contributed by atoms with E-state index in [1.807, 2.05) is 93.9 Å². The number of esters is 2. The third-order valence-corrected chi connectivity index (χ3v) is 10.8. The van der Waals surface area contributed by atoms with Gasteiger partial charge in [-0.05, 0) is 122 Å². The van der Waals surface area contributed by atoms with Crippen LogP contribution in [0.15, 0.2) is 118 Å². The molecule has 0 aliphatic carbocycles. The standard InChI is InChI=1S/C48H64N5O8P/c1-6-8-12-38-18-26-42(27-19-38)49-51-44-30-22-40(23-31-44)14-10-16-47(54)58-36-46(37-60-62(56,57)59-35-34-53(3,4)5)61-48(55)17-11-15-41-24-32-45(33-25-41)52-50-43-28-20-39(21-29-43)13-9-7-2/h18-33,46H,6-17,34-37H2,1-5H3/p+1/t46-/m1/s1. The summed E-state index contributed by atoms with van der Waals surface area (Å²) in [4.78, 5) is 35.9. The molecule has 14 heteroatoms. The van der Waals surface area contributed by atoms with E-state index in [0.29, 0.717) is 36.7 Å². The first-order valence-electron chi connectivity index (χ1n) is 21.8. The van der Waals surface area contributed by atoms with Gasteiger partial charge in [0.05, 0.1) is 50.5 Å². The number of hydrogen-bond acceptors (Lipinski definition) is 11. The number of unbranched alkanes of at least 4 members (excludes halogenated alkanes) is 2. The largest absolute Gasteiger partial charge is 0.472 e. The summed E-state index contributed by atoms with van der Waals surface area (Å²) in [6.07, 6.45) is 8.08. The molecule has 0 aliphatic rings. The fraction of sp³-hybridized carbons (Fsp3) is 0.458. The van der Waals surface area contributed by atoms with Gasteiger partial charge in [0.25, 0.3) is 0 Å². The van der Waals surface area contributed by atoms with Gasteiger partial charge in [-0.1, -0.05) is 75.2 Å². The van der Waals surface area contributed by atoms with Gasteiger partial charge in [-0.2, -0.15) is 20.5 Å². The molecule has 0 aromatic heterocycles. The fourth-order valence-corrected chi connectivity index (χ4v) is 6.79. The Hall–Kier alpha value is -4.91. The highest BCUT2D eigenvalue weighted by Gasteiger charge is 2.27. The maximum absolute atomic E-state index is 12.9. The van der Waals surface area contributed by atoms with Crippen molar-refractivity contribution in [1.29, 1.82) is 0 Å². The molecule has 0 heterocycles. The van der Waals surface area contributed by atoms with Gasteiger partial charge in [0.2, 0.25) is 0 Å². The lowest BCUT2D eigenvalue weighted by Crippen LogP contribution is -2.37. The molecule has 1 N–H and O–H groups in total. The van der Waals surface area contributed by atoms with Gasteiger partial charge in [-0.15, -0.1) is 0 Å². The number of azo groups is 2. The summed E-state index contributed by atoms with van der Waals surface area (Å²) in [6, 6.07) is 31.6. The van der Waals surface area contributed by atoms with E-state index in [2.05, 4.69) is 58.6 Å². The van der Waals surface area contributed by atoms with E-state index in [1.165, 1.54) is 11.1 Å². The molecule has 0 radical (unpaired) electrons. The minimum atomic E-state index is -4.47. The van der Waals surface area contributed by atoms with Gasteiger partial charge in [0.1, 0.15) is 19.8 Å². The van der Waals surface area contributed by atoms with Crippen LogP contribution in [0.25, 0.3) is 0 Å². The highest BCUT2D eigenvalue weighted by molar-refractivity contribution is 7.47. The van der Waals surface area contributed by atoms with Gasteiger partial charge >= 0.3 is 19.8 Å². The molecule has 334 valence electrons. The molecule has 4 aromatic carbocycles. The Balaban J connectivity index is 1.22. The van der Waals surface area contributed by atoms with Crippen molar-refractivity contribution in [3.8, 4) is 0 Å². The molecule has 0 aliphatic heterocycles. The molecule has 0 amide bonds. The summed E-state index contributed by atoms with van der Waals surface area (Å²) < 4.78 is 34.5. The molecule has 0 fully saturated rings. The normalized spacial score (nSPS) is 13.3. The minimum absolute atomic E-state index is 0.0198. The molecular weight excluding hydrogens is 806 g/mol. The number of ether oxygens (including phenoxy) is 2. The molecule has 0 bridgehead atoms. The first kappa shape index (κ1) is 49.7. The quantitative estimate of drug-likeness (QED) is 0.0256. The van der Waals surface area contributed by atoms with Gasteiger partial charge in [0, 0.05) is 12.8 Å². The smallest absolute Gasteiger partial charge is 0.462 e. The lowest BCUT2D eigenvalue weighted by molar-refractivity contribution is -0.870. The average molecular weight is 871 g/mol. The second kappa shape index (κ2) is 26.5. The second-order valence-electron chi connectivity index (χ2n) is 16.4. The van der Waals surface area contributed by atoms with E-state index in [1.54, 1.807) is 0 Å². The SMILES string of the molecule is CCCCc1ccc(N=Nc2ccc(CCCC(=O)OC[C@H](COP(=O)(O)OCC[N+](C)(C)C)OC(=O)CCCc3ccc(N=Nc4ccc(CCCC)cc4)cc3)cc2)cc1. The van der Waals surface area contributed by atoms with Crippen LogP contribution in [0.2, 0.25) is 0 Å². The van der Waals surface area contributed by atoms with Gasteiger partial charge in [-0.25, -0.2) is 4.57 Å². The summed E-state index contributed by atoms with van der Waals surface area (Å²) in [5.74, 6) is -1.05. The van der Waals surface area contributed by atoms with Crippen molar-refractivity contribution in [2.75, 3.05) is 47.5 Å². The molecule has 0 saturated heterocycles. The lowest BCUT2D eigenvalue weighted by atomic mass is 10.1. The number of benzene rings is 4. The molecule has 1 unspecified atom stereocenters. The number of hydrogen-bond donors (Lipinski definition) is 1. The van der Waals surface area contributed by atoms with Crippen LogP contribution in [0.5, 0.6) is 0 Å². The molecular formula is C48H65N5O8P+. The Morgan fingerprint density at radius 3 is 1.31 bits per heavy atom. The van der Waals surface area contributed by atoms with E-state index >= 15 is 0 Å². The van der Waals surface area contributed by atoms with Gasteiger partial charge in [0.15, 0.2) is 6.10 Å².